The maximum Gasteiger partial charge on any atom is 0.240 e. The highest BCUT2D eigenvalue weighted by molar-refractivity contribution is 5.87. The van der Waals surface area contributed by atoms with Gasteiger partial charge in [-0.3, -0.25) is 9.78 Å². The van der Waals surface area contributed by atoms with Crippen LogP contribution in [0.5, 0.6) is 0 Å². The van der Waals surface area contributed by atoms with Crippen molar-refractivity contribution in [3.8, 4) is 0 Å². The van der Waals surface area contributed by atoms with E-state index in [2.05, 4.69) is 22.5 Å². The van der Waals surface area contributed by atoms with Crippen molar-refractivity contribution < 1.29 is 4.79 Å². The molecule has 1 aliphatic rings. The smallest absolute Gasteiger partial charge is 0.240 e. The summed E-state index contributed by atoms with van der Waals surface area (Å²) in [7, 11) is 0. The fourth-order valence-corrected chi connectivity index (χ4v) is 2.82. The first-order chi connectivity index (χ1) is 9.18. The molecule has 2 N–H and O–H groups in total. The normalized spacial score (nSPS) is 24.1. The lowest BCUT2D eigenvalue weighted by molar-refractivity contribution is -0.128. The van der Waals surface area contributed by atoms with Gasteiger partial charge in [0.05, 0.1) is 11.6 Å². The third kappa shape index (κ3) is 3.13. The van der Waals surface area contributed by atoms with Gasteiger partial charge in [-0.25, -0.2) is 0 Å². The lowest BCUT2D eigenvalue weighted by Crippen LogP contribution is -2.53. The predicted molar refractivity (Wildman–Crippen MR) is 75.7 cm³/mol. The van der Waals surface area contributed by atoms with Gasteiger partial charge in [0.15, 0.2) is 0 Å². The van der Waals surface area contributed by atoms with Gasteiger partial charge in [-0.2, -0.15) is 0 Å². The Hall–Kier alpha value is -1.42. The molecular weight excluding hydrogens is 238 g/mol. The number of carbonyl (C=O) groups excluding carboxylic acids is 1. The van der Waals surface area contributed by atoms with Crippen molar-refractivity contribution in [1.29, 1.82) is 0 Å². The highest BCUT2D eigenvalue weighted by Crippen LogP contribution is 2.26. The zero-order chi connectivity index (χ0) is 13.7. The van der Waals surface area contributed by atoms with Gasteiger partial charge in [0.2, 0.25) is 5.91 Å². The lowest BCUT2D eigenvalue weighted by atomic mass is 9.90. The molecule has 0 aliphatic carbocycles. The Morgan fingerprint density at radius 3 is 2.84 bits per heavy atom. The minimum atomic E-state index is -0.351. The Bertz CT molecular complexity index is 413. The van der Waals surface area contributed by atoms with E-state index in [-0.39, 0.29) is 17.5 Å². The standard InChI is InChI=1S/C15H23N3O/c1-3-7-15(8-4-9-17-15)14(19)18-12(2)13-5-10-16-11-6-13/h5-6,10-12,17H,3-4,7-9H2,1-2H3,(H,18,19)/t12-,15?/m0/s1. The third-order valence-corrected chi connectivity index (χ3v) is 3.91. The fraction of sp³-hybridized carbons (Fsp3) is 0.600. The molecule has 2 heterocycles. The Morgan fingerprint density at radius 2 is 2.26 bits per heavy atom. The summed E-state index contributed by atoms with van der Waals surface area (Å²) in [4.78, 5) is 16.6. The summed E-state index contributed by atoms with van der Waals surface area (Å²) < 4.78 is 0. The molecule has 0 radical (unpaired) electrons. The van der Waals surface area contributed by atoms with Crippen LogP contribution in [0, 0.1) is 0 Å². The number of nitrogens with zero attached hydrogens (tertiary/aromatic N) is 1. The van der Waals surface area contributed by atoms with Crippen LogP contribution >= 0.6 is 0 Å². The lowest BCUT2D eigenvalue weighted by Gasteiger charge is -2.29. The van der Waals surface area contributed by atoms with Crippen molar-refractivity contribution in [3.63, 3.8) is 0 Å². The second-order valence-electron chi connectivity index (χ2n) is 5.34. The van der Waals surface area contributed by atoms with E-state index in [1.165, 1.54) is 0 Å². The third-order valence-electron chi connectivity index (χ3n) is 3.91. The topological polar surface area (TPSA) is 54.0 Å². The summed E-state index contributed by atoms with van der Waals surface area (Å²) in [6, 6.07) is 3.91. The molecule has 2 atom stereocenters. The van der Waals surface area contributed by atoms with Crippen LogP contribution in [0.1, 0.15) is 51.1 Å². The Labute approximate surface area is 115 Å². The monoisotopic (exact) mass is 261 g/mol. The average molecular weight is 261 g/mol. The number of rotatable bonds is 5. The van der Waals surface area contributed by atoms with Crippen LogP contribution in [0.25, 0.3) is 0 Å². The van der Waals surface area contributed by atoms with Crippen LogP contribution in [0.4, 0.5) is 0 Å². The number of amides is 1. The zero-order valence-electron chi connectivity index (χ0n) is 11.8. The number of pyridine rings is 1. The maximum absolute atomic E-state index is 12.6. The number of carbonyl (C=O) groups is 1. The van der Waals surface area contributed by atoms with Gasteiger partial charge in [0.1, 0.15) is 0 Å². The molecule has 0 saturated carbocycles. The van der Waals surface area contributed by atoms with Crippen molar-refractivity contribution in [2.75, 3.05) is 6.54 Å². The van der Waals surface area contributed by atoms with Crippen molar-refractivity contribution in [1.82, 2.24) is 15.6 Å². The number of hydrogen-bond acceptors (Lipinski definition) is 3. The molecule has 1 fully saturated rings. The summed E-state index contributed by atoms with van der Waals surface area (Å²) in [5.41, 5.74) is 0.740. The second kappa shape index (κ2) is 6.15. The van der Waals surface area contributed by atoms with Gasteiger partial charge in [-0.1, -0.05) is 13.3 Å². The molecule has 1 unspecified atom stereocenters. The average Bonchev–Trinajstić information content (AvgIpc) is 2.90. The molecule has 4 heteroatoms. The first-order valence-corrected chi connectivity index (χ1v) is 7.14. The van der Waals surface area contributed by atoms with Crippen molar-refractivity contribution in [3.05, 3.63) is 30.1 Å². The van der Waals surface area contributed by atoms with Crippen molar-refractivity contribution in [2.45, 2.75) is 51.1 Å². The van der Waals surface area contributed by atoms with E-state index in [9.17, 15) is 4.79 Å². The highest BCUT2D eigenvalue weighted by Gasteiger charge is 2.40. The van der Waals surface area contributed by atoms with E-state index in [1.807, 2.05) is 19.1 Å². The van der Waals surface area contributed by atoms with Gasteiger partial charge in [0, 0.05) is 12.4 Å². The van der Waals surface area contributed by atoms with Crippen LogP contribution in [-0.4, -0.2) is 23.0 Å². The van der Waals surface area contributed by atoms with Gasteiger partial charge in [-0.05, 0) is 50.4 Å². The molecule has 1 aromatic heterocycles. The van der Waals surface area contributed by atoms with Gasteiger partial charge < -0.3 is 10.6 Å². The van der Waals surface area contributed by atoms with E-state index < -0.39 is 0 Å². The molecule has 4 nitrogen and oxygen atoms in total. The maximum atomic E-state index is 12.6. The number of hydrogen-bond donors (Lipinski definition) is 2. The Kier molecular flexibility index (Phi) is 4.53. The molecule has 104 valence electrons. The minimum absolute atomic E-state index is 0.0200. The molecule has 0 aromatic carbocycles. The Balaban J connectivity index is 2.03. The molecule has 1 aliphatic heterocycles. The first-order valence-electron chi connectivity index (χ1n) is 7.14. The van der Waals surface area contributed by atoms with E-state index in [4.69, 9.17) is 0 Å². The van der Waals surface area contributed by atoms with Crippen LogP contribution < -0.4 is 10.6 Å². The van der Waals surface area contributed by atoms with Crippen LogP contribution in [0.15, 0.2) is 24.5 Å². The quantitative estimate of drug-likeness (QED) is 0.854. The number of nitrogens with one attached hydrogen (secondary N) is 2. The largest absolute Gasteiger partial charge is 0.348 e. The zero-order valence-corrected chi connectivity index (χ0v) is 11.8. The Morgan fingerprint density at radius 1 is 1.53 bits per heavy atom. The van der Waals surface area contributed by atoms with Gasteiger partial charge in [0.25, 0.3) is 0 Å². The van der Waals surface area contributed by atoms with E-state index in [0.717, 1.165) is 37.8 Å². The predicted octanol–water partition coefficient (Wildman–Crippen LogP) is 2.18. The SMILES string of the molecule is CCCC1(C(=O)N[C@@H](C)c2ccncc2)CCCN1. The molecule has 1 amide bonds. The summed E-state index contributed by atoms with van der Waals surface area (Å²) >= 11 is 0. The molecule has 0 spiro atoms. The van der Waals surface area contributed by atoms with Crippen LogP contribution in [0.2, 0.25) is 0 Å². The van der Waals surface area contributed by atoms with Gasteiger partial charge >= 0.3 is 0 Å². The number of aromatic nitrogens is 1. The van der Waals surface area contributed by atoms with Crippen molar-refractivity contribution >= 4 is 5.91 Å². The van der Waals surface area contributed by atoms with Crippen molar-refractivity contribution in [2.24, 2.45) is 0 Å². The van der Waals surface area contributed by atoms with E-state index >= 15 is 0 Å². The molecule has 19 heavy (non-hydrogen) atoms. The summed E-state index contributed by atoms with van der Waals surface area (Å²) in [6.07, 6.45) is 7.46. The van der Waals surface area contributed by atoms with Crippen LogP contribution in [0.3, 0.4) is 0 Å². The molecule has 1 saturated heterocycles. The first kappa shape index (κ1) is 14.0. The highest BCUT2D eigenvalue weighted by atomic mass is 16.2. The van der Waals surface area contributed by atoms with Gasteiger partial charge in [-0.15, -0.1) is 0 Å². The summed E-state index contributed by atoms with van der Waals surface area (Å²) in [6.45, 7) is 5.08. The fourth-order valence-electron chi connectivity index (χ4n) is 2.82. The summed E-state index contributed by atoms with van der Waals surface area (Å²) in [5.74, 6) is 0.135. The molecule has 2 rings (SSSR count). The second-order valence-corrected chi connectivity index (χ2v) is 5.34. The molecule has 0 bridgehead atoms. The van der Waals surface area contributed by atoms with Crippen LogP contribution in [-0.2, 0) is 4.79 Å². The van der Waals surface area contributed by atoms with E-state index in [1.54, 1.807) is 12.4 Å². The minimum Gasteiger partial charge on any atom is -0.348 e. The summed E-state index contributed by atoms with van der Waals surface area (Å²) in [5, 5.41) is 6.54. The molecular formula is C15H23N3O. The van der Waals surface area contributed by atoms with E-state index in [0.29, 0.717) is 0 Å². The molecule has 1 aromatic rings.